The molecule has 1 amide bonds. The third-order valence-corrected chi connectivity index (χ3v) is 4.84. The molecule has 0 radical (unpaired) electrons. The van der Waals surface area contributed by atoms with Crippen molar-refractivity contribution in [2.45, 2.75) is 44.4 Å². The summed E-state index contributed by atoms with van der Waals surface area (Å²) in [5, 5.41) is 4.08. The number of carbonyl (C=O) groups excluding carboxylic acids is 1. The molecule has 2 aliphatic rings. The first-order valence-corrected chi connectivity index (χ1v) is 8.77. The van der Waals surface area contributed by atoms with Gasteiger partial charge in [-0.2, -0.15) is 4.98 Å². The number of piperidine rings is 1. The van der Waals surface area contributed by atoms with Gasteiger partial charge in [-0.3, -0.25) is 9.78 Å². The fourth-order valence-electron chi connectivity index (χ4n) is 3.35. The number of hydrogen-bond acceptors (Lipinski definition) is 5. The SMILES string of the molecule is O=C(Cc1cccnc1)N1CCC[C@H](Cc2nc(C3CC3)no2)C1. The van der Waals surface area contributed by atoms with E-state index in [1.807, 2.05) is 17.0 Å². The van der Waals surface area contributed by atoms with E-state index in [0.717, 1.165) is 49.6 Å². The summed E-state index contributed by atoms with van der Waals surface area (Å²) in [6.07, 6.45) is 9.19. The molecule has 1 aliphatic heterocycles. The quantitative estimate of drug-likeness (QED) is 0.843. The fourth-order valence-corrected chi connectivity index (χ4v) is 3.35. The topological polar surface area (TPSA) is 72.1 Å². The van der Waals surface area contributed by atoms with Crippen LogP contribution in [0.15, 0.2) is 29.0 Å². The van der Waals surface area contributed by atoms with E-state index in [0.29, 0.717) is 18.3 Å². The summed E-state index contributed by atoms with van der Waals surface area (Å²) < 4.78 is 5.39. The molecule has 126 valence electrons. The van der Waals surface area contributed by atoms with Crippen LogP contribution in [0.2, 0.25) is 0 Å². The van der Waals surface area contributed by atoms with Crippen molar-refractivity contribution in [3.63, 3.8) is 0 Å². The van der Waals surface area contributed by atoms with E-state index in [1.165, 1.54) is 12.8 Å². The zero-order valence-corrected chi connectivity index (χ0v) is 13.7. The molecule has 2 aromatic rings. The van der Waals surface area contributed by atoms with Crippen LogP contribution >= 0.6 is 0 Å². The standard InChI is InChI=1S/C18H22N4O2/c23-17(10-13-3-1-7-19-11-13)22-8-2-4-14(12-22)9-16-20-18(21-24-16)15-5-6-15/h1,3,7,11,14-15H,2,4-6,8-10,12H2/t14-/m1/s1. The Morgan fingerprint density at radius 2 is 2.25 bits per heavy atom. The highest BCUT2D eigenvalue weighted by Crippen LogP contribution is 2.38. The van der Waals surface area contributed by atoms with E-state index in [4.69, 9.17) is 4.52 Å². The van der Waals surface area contributed by atoms with Gasteiger partial charge >= 0.3 is 0 Å². The normalized spacial score (nSPS) is 21.0. The van der Waals surface area contributed by atoms with E-state index in [2.05, 4.69) is 15.1 Å². The van der Waals surface area contributed by atoms with Crippen LogP contribution in [-0.2, 0) is 17.6 Å². The van der Waals surface area contributed by atoms with Gasteiger partial charge in [0.25, 0.3) is 0 Å². The molecule has 1 saturated carbocycles. The van der Waals surface area contributed by atoms with Gasteiger partial charge in [0.2, 0.25) is 11.8 Å². The van der Waals surface area contributed by atoms with Crippen LogP contribution in [0.5, 0.6) is 0 Å². The van der Waals surface area contributed by atoms with Crippen molar-refractivity contribution in [1.29, 1.82) is 0 Å². The van der Waals surface area contributed by atoms with Crippen LogP contribution in [-0.4, -0.2) is 39.0 Å². The largest absolute Gasteiger partial charge is 0.342 e. The summed E-state index contributed by atoms with van der Waals surface area (Å²) in [4.78, 5) is 23.1. The van der Waals surface area contributed by atoms with Crippen molar-refractivity contribution in [1.82, 2.24) is 20.0 Å². The summed E-state index contributed by atoms with van der Waals surface area (Å²) in [6, 6.07) is 3.82. The molecule has 6 heteroatoms. The van der Waals surface area contributed by atoms with Crippen molar-refractivity contribution in [3.8, 4) is 0 Å². The van der Waals surface area contributed by atoms with Gasteiger partial charge in [-0.15, -0.1) is 0 Å². The molecule has 0 aromatic carbocycles. The van der Waals surface area contributed by atoms with Gasteiger partial charge in [0.05, 0.1) is 6.42 Å². The molecule has 4 rings (SSSR count). The molecule has 0 unspecified atom stereocenters. The monoisotopic (exact) mass is 326 g/mol. The lowest BCUT2D eigenvalue weighted by atomic mass is 9.94. The third-order valence-electron chi connectivity index (χ3n) is 4.84. The van der Waals surface area contributed by atoms with Gasteiger partial charge in [-0.1, -0.05) is 11.2 Å². The number of rotatable bonds is 5. The zero-order chi connectivity index (χ0) is 16.4. The van der Waals surface area contributed by atoms with Gasteiger partial charge in [-0.25, -0.2) is 0 Å². The lowest BCUT2D eigenvalue weighted by Gasteiger charge is -2.32. The first kappa shape index (κ1) is 15.3. The van der Waals surface area contributed by atoms with Crippen molar-refractivity contribution < 1.29 is 9.32 Å². The predicted molar refractivity (Wildman–Crippen MR) is 87.2 cm³/mol. The summed E-state index contributed by atoms with van der Waals surface area (Å²) in [7, 11) is 0. The molecule has 0 bridgehead atoms. The lowest BCUT2D eigenvalue weighted by Crippen LogP contribution is -2.41. The van der Waals surface area contributed by atoms with Crippen LogP contribution in [0.3, 0.4) is 0 Å². The summed E-state index contributed by atoms with van der Waals surface area (Å²) >= 11 is 0. The highest BCUT2D eigenvalue weighted by Gasteiger charge is 2.30. The van der Waals surface area contributed by atoms with Crippen LogP contribution in [0.1, 0.15) is 48.9 Å². The number of carbonyl (C=O) groups is 1. The van der Waals surface area contributed by atoms with Crippen molar-refractivity contribution in [2.24, 2.45) is 5.92 Å². The first-order valence-electron chi connectivity index (χ1n) is 8.77. The highest BCUT2D eigenvalue weighted by molar-refractivity contribution is 5.78. The highest BCUT2D eigenvalue weighted by atomic mass is 16.5. The molecule has 1 atom stereocenters. The third kappa shape index (κ3) is 3.63. The zero-order valence-electron chi connectivity index (χ0n) is 13.7. The van der Waals surface area contributed by atoms with Gasteiger partial charge < -0.3 is 9.42 Å². The molecule has 1 saturated heterocycles. The number of nitrogens with zero attached hydrogens (tertiary/aromatic N) is 4. The van der Waals surface area contributed by atoms with Crippen molar-refractivity contribution in [3.05, 3.63) is 41.8 Å². The summed E-state index contributed by atoms with van der Waals surface area (Å²) in [6.45, 7) is 1.62. The second-order valence-electron chi connectivity index (χ2n) is 6.91. The Hall–Kier alpha value is -2.24. The van der Waals surface area contributed by atoms with Crippen LogP contribution in [0, 0.1) is 5.92 Å². The van der Waals surface area contributed by atoms with Crippen LogP contribution in [0.4, 0.5) is 0 Å². The maximum absolute atomic E-state index is 12.5. The van der Waals surface area contributed by atoms with E-state index in [9.17, 15) is 4.79 Å². The Labute approximate surface area is 141 Å². The number of aromatic nitrogens is 3. The van der Waals surface area contributed by atoms with E-state index in [-0.39, 0.29) is 5.91 Å². The van der Waals surface area contributed by atoms with Gasteiger partial charge in [-0.05, 0) is 43.2 Å². The van der Waals surface area contributed by atoms with Crippen LogP contribution < -0.4 is 0 Å². The minimum atomic E-state index is 0.178. The Balaban J connectivity index is 1.33. The number of amides is 1. The predicted octanol–water partition coefficient (Wildman–Crippen LogP) is 2.37. The van der Waals surface area contributed by atoms with E-state index >= 15 is 0 Å². The molecule has 2 fully saturated rings. The van der Waals surface area contributed by atoms with Gasteiger partial charge in [0, 0.05) is 37.8 Å². The molecule has 2 aromatic heterocycles. The minimum Gasteiger partial charge on any atom is -0.342 e. The second-order valence-corrected chi connectivity index (χ2v) is 6.91. The van der Waals surface area contributed by atoms with Gasteiger partial charge in [0.1, 0.15) is 0 Å². The number of likely N-dealkylation sites (tertiary alicyclic amines) is 1. The average molecular weight is 326 g/mol. The molecule has 24 heavy (non-hydrogen) atoms. The molecular weight excluding hydrogens is 304 g/mol. The van der Waals surface area contributed by atoms with E-state index in [1.54, 1.807) is 12.4 Å². The molecule has 0 spiro atoms. The summed E-state index contributed by atoms with van der Waals surface area (Å²) in [5.74, 6) is 2.70. The Bertz CT molecular complexity index is 696. The van der Waals surface area contributed by atoms with Gasteiger partial charge in [0.15, 0.2) is 5.82 Å². The second kappa shape index (κ2) is 6.71. The van der Waals surface area contributed by atoms with Crippen molar-refractivity contribution in [2.75, 3.05) is 13.1 Å². The fraction of sp³-hybridized carbons (Fsp3) is 0.556. The molecular formula is C18H22N4O2. The number of pyridine rings is 1. The Kier molecular flexibility index (Phi) is 4.28. The van der Waals surface area contributed by atoms with Crippen LogP contribution in [0.25, 0.3) is 0 Å². The first-order chi connectivity index (χ1) is 11.8. The Morgan fingerprint density at radius 1 is 1.33 bits per heavy atom. The van der Waals surface area contributed by atoms with E-state index < -0.39 is 0 Å². The minimum absolute atomic E-state index is 0.178. The average Bonchev–Trinajstić information content (AvgIpc) is 3.36. The maximum atomic E-state index is 12.5. The maximum Gasteiger partial charge on any atom is 0.227 e. The Morgan fingerprint density at radius 3 is 3.04 bits per heavy atom. The summed E-state index contributed by atoms with van der Waals surface area (Å²) in [5.41, 5.74) is 0.968. The molecule has 6 nitrogen and oxygen atoms in total. The number of hydrogen-bond donors (Lipinski definition) is 0. The van der Waals surface area contributed by atoms with Crippen molar-refractivity contribution >= 4 is 5.91 Å². The molecule has 1 aliphatic carbocycles. The molecule has 3 heterocycles. The smallest absolute Gasteiger partial charge is 0.227 e. The lowest BCUT2D eigenvalue weighted by molar-refractivity contribution is -0.132. The molecule has 0 N–H and O–H groups in total.